The van der Waals surface area contributed by atoms with Crippen LogP contribution in [0.25, 0.3) is 0 Å². The maximum absolute atomic E-state index is 12.0. The Balaban J connectivity index is 1.95. The summed E-state index contributed by atoms with van der Waals surface area (Å²) in [6, 6.07) is 14.8. The third-order valence-corrected chi connectivity index (χ3v) is 4.38. The van der Waals surface area contributed by atoms with Crippen molar-refractivity contribution in [2.24, 2.45) is 0 Å². The lowest BCUT2D eigenvalue weighted by atomic mass is 10.1. The highest BCUT2D eigenvalue weighted by Gasteiger charge is 2.14. The monoisotopic (exact) mass is 261 g/mol. The quantitative estimate of drug-likeness (QED) is 0.830. The third kappa shape index (κ3) is 3.40. The Morgan fingerprint density at radius 3 is 2.33 bits per heavy atom. The van der Waals surface area contributed by atoms with Crippen molar-refractivity contribution in [3.05, 3.63) is 60.3 Å². The number of rotatable bonds is 5. The summed E-state index contributed by atoms with van der Waals surface area (Å²) in [7, 11) is -3.24. The van der Waals surface area contributed by atoms with Crippen LogP contribution in [0.2, 0.25) is 0 Å². The lowest BCUT2D eigenvalue weighted by molar-refractivity contribution is 0.589. The van der Waals surface area contributed by atoms with Gasteiger partial charge in [0.15, 0.2) is 14.9 Å². The van der Waals surface area contributed by atoms with Crippen LogP contribution in [0.1, 0.15) is 12.0 Å². The van der Waals surface area contributed by atoms with Crippen molar-refractivity contribution in [3.8, 4) is 0 Å². The highest BCUT2D eigenvalue weighted by Crippen LogP contribution is 2.10. The standard InChI is InChI=1S/C14H15NO2S/c16-18(17,14-10-4-5-11-15-14)12-6-9-13-7-2-1-3-8-13/h1-5,7-8,10-11H,6,9,12H2. The summed E-state index contributed by atoms with van der Waals surface area (Å²) in [4.78, 5) is 3.89. The zero-order chi connectivity index (χ0) is 12.8. The van der Waals surface area contributed by atoms with Gasteiger partial charge in [-0.2, -0.15) is 0 Å². The number of hydrogen-bond donors (Lipinski definition) is 0. The second kappa shape index (κ2) is 5.78. The highest BCUT2D eigenvalue weighted by atomic mass is 32.2. The molecule has 0 radical (unpaired) electrons. The van der Waals surface area contributed by atoms with Gasteiger partial charge in [0.05, 0.1) is 5.75 Å². The number of aromatic nitrogens is 1. The molecule has 0 bridgehead atoms. The molecule has 0 atom stereocenters. The van der Waals surface area contributed by atoms with Crippen LogP contribution in [-0.2, 0) is 16.3 Å². The van der Waals surface area contributed by atoms with Crippen molar-refractivity contribution in [1.29, 1.82) is 0 Å². The summed E-state index contributed by atoms with van der Waals surface area (Å²) in [6.45, 7) is 0. The van der Waals surface area contributed by atoms with Gasteiger partial charge in [-0.3, -0.25) is 0 Å². The lowest BCUT2D eigenvalue weighted by Gasteiger charge is -2.03. The molecule has 18 heavy (non-hydrogen) atoms. The SMILES string of the molecule is O=S(=O)(CCCc1ccccc1)c1ccccn1. The van der Waals surface area contributed by atoms with Crippen LogP contribution in [0.3, 0.4) is 0 Å². The highest BCUT2D eigenvalue weighted by molar-refractivity contribution is 7.91. The van der Waals surface area contributed by atoms with Crippen LogP contribution >= 0.6 is 0 Å². The zero-order valence-corrected chi connectivity index (χ0v) is 10.8. The minimum atomic E-state index is -3.24. The number of pyridine rings is 1. The minimum absolute atomic E-state index is 0.138. The van der Waals surface area contributed by atoms with Gasteiger partial charge >= 0.3 is 0 Å². The van der Waals surface area contributed by atoms with Crippen LogP contribution in [0.4, 0.5) is 0 Å². The van der Waals surface area contributed by atoms with Crippen molar-refractivity contribution in [2.75, 3.05) is 5.75 Å². The molecule has 94 valence electrons. The molecular weight excluding hydrogens is 246 g/mol. The maximum Gasteiger partial charge on any atom is 0.195 e. The predicted molar refractivity (Wildman–Crippen MR) is 71.1 cm³/mol. The van der Waals surface area contributed by atoms with Gasteiger partial charge < -0.3 is 0 Å². The first kappa shape index (κ1) is 12.8. The van der Waals surface area contributed by atoms with E-state index in [-0.39, 0.29) is 10.8 Å². The third-order valence-electron chi connectivity index (χ3n) is 2.68. The van der Waals surface area contributed by atoms with Crippen molar-refractivity contribution >= 4 is 9.84 Å². The van der Waals surface area contributed by atoms with E-state index in [2.05, 4.69) is 4.98 Å². The van der Waals surface area contributed by atoms with Crippen molar-refractivity contribution in [2.45, 2.75) is 17.9 Å². The number of hydrogen-bond acceptors (Lipinski definition) is 3. The van der Waals surface area contributed by atoms with Gasteiger partial charge in [-0.1, -0.05) is 36.4 Å². The molecule has 0 aliphatic rings. The summed E-state index contributed by atoms with van der Waals surface area (Å²) < 4.78 is 23.9. The van der Waals surface area contributed by atoms with Crippen LogP contribution in [0, 0.1) is 0 Å². The fourth-order valence-corrected chi connectivity index (χ4v) is 2.99. The van der Waals surface area contributed by atoms with E-state index in [9.17, 15) is 8.42 Å². The molecular formula is C14H15NO2S. The molecule has 1 heterocycles. The smallest absolute Gasteiger partial charge is 0.195 e. The summed E-state index contributed by atoms with van der Waals surface area (Å²) in [5.74, 6) is 0.138. The minimum Gasteiger partial charge on any atom is -0.245 e. The van der Waals surface area contributed by atoms with Gasteiger partial charge in [0.25, 0.3) is 0 Å². The van der Waals surface area contributed by atoms with E-state index in [0.29, 0.717) is 6.42 Å². The normalized spacial score (nSPS) is 11.3. The Hall–Kier alpha value is -1.68. The second-order valence-corrected chi connectivity index (χ2v) is 6.13. The first-order chi connectivity index (χ1) is 8.68. The first-order valence-electron chi connectivity index (χ1n) is 5.86. The van der Waals surface area contributed by atoms with E-state index < -0.39 is 9.84 Å². The van der Waals surface area contributed by atoms with Gasteiger partial charge in [0.2, 0.25) is 0 Å². The van der Waals surface area contributed by atoms with Gasteiger partial charge in [-0.05, 0) is 30.5 Å². The Morgan fingerprint density at radius 1 is 0.944 bits per heavy atom. The fraction of sp³-hybridized carbons (Fsp3) is 0.214. The number of nitrogens with zero attached hydrogens (tertiary/aromatic N) is 1. The van der Waals surface area contributed by atoms with Gasteiger partial charge in [0.1, 0.15) is 0 Å². The van der Waals surface area contributed by atoms with Gasteiger partial charge in [-0.15, -0.1) is 0 Å². The summed E-state index contributed by atoms with van der Waals surface area (Å²) in [6.07, 6.45) is 2.89. The molecule has 0 unspecified atom stereocenters. The largest absolute Gasteiger partial charge is 0.245 e. The molecule has 4 heteroatoms. The van der Waals surface area contributed by atoms with Crippen LogP contribution in [0.5, 0.6) is 0 Å². The Kier molecular flexibility index (Phi) is 4.10. The molecule has 2 aromatic rings. The lowest BCUT2D eigenvalue weighted by Crippen LogP contribution is -2.09. The van der Waals surface area contributed by atoms with Crippen LogP contribution in [-0.4, -0.2) is 19.2 Å². The average molecular weight is 261 g/mol. The average Bonchev–Trinajstić information content (AvgIpc) is 2.41. The van der Waals surface area contributed by atoms with Crippen molar-refractivity contribution < 1.29 is 8.42 Å². The molecule has 0 amide bonds. The Bertz CT molecular complexity index is 580. The van der Waals surface area contributed by atoms with Crippen molar-refractivity contribution in [1.82, 2.24) is 4.98 Å². The first-order valence-corrected chi connectivity index (χ1v) is 7.51. The molecule has 1 aromatic heterocycles. The molecule has 0 fully saturated rings. The summed E-state index contributed by atoms with van der Waals surface area (Å²) in [5, 5.41) is 0.165. The second-order valence-electron chi connectivity index (χ2n) is 4.08. The number of benzene rings is 1. The number of aryl methyl sites for hydroxylation is 1. The Morgan fingerprint density at radius 2 is 1.67 bits per heavy atom. The molecule has 0 aliphatic heterocycles. The molecule has 0 spiro atoms. The van der Waals surface area contributed by atoms with E-state index >= 15 is 0 Å². The predicted octanol–water partition coefficient (Wildman–Crippen LogP) is 2.49. The van der Waals surface area contributed by atoms with E-state index in [1.807, 2.05) is 30.3 Å². The maximum atomic E-state index is 12.0. The molecule has 0 N–H and O–H groups in total. The molecule has 3 nitrogen and oxygen atoms in total. The fourth-order valence-electron chi connectivity index (χ4n) is 1.75. The van der Waals surface area contributed by atoms with E-state index in [0.717, 1.165) is 12.0 Å². The summed E-state index contributed by atoms with van der Waals surface area (Å²) in [5.41, 5.74) is 1.16. The number of sulfone groups is 1. The zero-order valence-electron chi connectivity index (χ0n) is 9.99. The molecule has 1 aromatic carbocycles. The molecule has 2 rings (SSSR count). The van der Waals surface area contributed by atoms with Crippen molar-refractivity contribution in [3.63, 3.8) is 0 Å². The Labute approximate surface area is 107 Å². The van der Waals surface area contributed by atoms with Crippen LogP contribution in [0.15, 0.2) is 59.8 Å². The van der Waals surface area contributed by atoms with E-state index in [4.69, 9.17) is 0 Å². The summed E-state index contributed by atoms with van der Waals surface area (Å²) >= 11 is 0. The molecule has 0 aliphatic carbocycles. The van der Waals surface area contributed by atoms with Crippen LogP contribution < -0.4 is 0 Å². The molecule has 0 saturated carbocycles. The topological polar surface area (TPSA) is 47.0 Å². The van der Waals surface area contributed by atoms with E-state index in [1.165, 1.54) is 12.3 Å². The van der Waals surface area contributed by atoms with Gasteiger partial charge in [-0.25, -0.2) is 13.4 Å². The molecule has 0 saturated heterocycles. The van der Waals surface area contributed by atoms with E-state index in [1.54, 1.807) is 12.1 Å². The van der Waals surface area contributed by atoms with Gasteiger partial charge in [0, 0.05) is 6.20 Å².